The Hall–Kier alpha value is -2.11. The third-order valence-corrected chi connectivity index (χ3v) is 3.90. The van der Waals surface area contributed by atoms with Gasteiger partial charge in [-0.15, -0.1) is 0 Å². The van der Waals surface area contributed by atoms with E-state index in [0.717, 1.165) is 30.4 Å². The monoisotopic (exact) mass is 304 g/mol. The third-order valence-electron chi connectivity index (χ3n) is 3.90. The number of nitrogens with one attached hydrogen (secondary N) is 2. The van der Waals surface area contributed by atoms with E-state index in [9.17, 15) is 9.59 Å². The summed E-state index contributed by atoms with van der Waals surface area (Å²) < 4.78 is 0. The summed E-state index contributed by atoms with van der Waals surface area (Å²) in [6.45, 7) is 6.21. The van der Waals surface area contributed by atoms with Crippen LogP contribution in [0.3, 0.4) is 0 Å². The van der Waals surface area contributed by atoms with E-state index in [0.29, 0.717) is 6.54 Å². The second-order valence-electron chi connectivity index (χ2n) is 5.88. The summed E-state index contributed by atoms with van der Waals surface area (Å²) in [6, 6.07) is 3.99. The number of anilines is 1. The van der Waals surface area contributed by atoms with Crippen molar-refractivity contribution in [1.29, 1.82) is 0 Å². The van der Waals surface area contributed by atoms with E-state index in [-0.39, 0.29) is 18.4 Å². The molecule has 1 aliphatic rings. The van der Waals surface area contributed by atoms with Crippen LogP contribution in [0.4, 0.5) is 5.82 Å². The van der Waals surface area contributed by atoms with Gasteiger partial charge in [0, 0.05) is 32.8 Å². The van der Waals surface area contributed by atoms with Crippen molar-refractivity contribution in [2.45, 2.75) is 33.2 Å². The number of nitrogens with zero attached hydrogens (tertiary/aromatic N) is 2. The van der Waals surface area contributed by atoms with Crippen LogP contribution >= 0.6 is 0 Å². The van der Waals surface area contributed by atoms with Gasteiger partial charge in [-0.1, -0.05) is 13.0 Å². The van der Waals surface area contributed by atoms with Crippen LogP contribution in [-0.2, 0) is 16.1 Å². The highest BCUT2D eigenvalue weighted by Gasteiger charge is 2.16. The van der Waals surface area contributed by atoms with Crippen LogP contribution in [0.15, 0.2) is 18.3 Å². The molecule has 0 radical (unpaired) electrons. The standard InChI is InChI=1S/C16H24N4O2/c1-12-5-7-20(8-6-12)15-4-3-14(9-18-15)10-19-16(22)11-17-13(2)21/h3-4,9,12H,5-8,10-11H2,1-2H3,(H,17,21)(H,19,22). The summed E-state index contributed by atoms with van der Waals surface area (Å²) in [6.07, 6.45) is 4.22. The summed E-state index contributed by atoms with van der Waals surface area (Å²) in [5, 5.41) is 5.22. The predicted molar refractivity (Wildman–Crippen MR) is 85.4 cm³/mol. The van der Waals surface area contributed by atoms with Crippen molar-refractivity contribution in [3.63, 3.8) is 0 Å². The summed E-state index contributed by atoms with van der Waals surface area (Å²) in [5.41, 5.74) is 0.949. The molecule has 0 unspecified atom stereocenters. The van der Waals surface area contributed by atoms with E-state index < -0.39 is 0 Å². The van der Waals surface area contributed by atoms with Gasteiger partial charge in [0.15, 0.2) is 0 Å². The lowest BCUT2D eigenvalue weighted by Gasteiger charge is -2.31. The maximum Gasteiger partial charge on any atom is 0.239 e. The maximum absolute atomic E-state index is 11.5. The number of carbonyl (C=O) groups excluding carboxylic acids is 2. The van der Waals surface area contributed by atoms with Gasteiger partial charge in [-0.05, 0) is 30.4 Å². The van der Waals surface area contributed by atoms with Crippen molar-refractivity contribution >= 4 is 17.6 Å². The summed E-state index contributed by atoms with van der Waals surface area (Å²) in [4.78, 5) is 29.0. The van der Waals surface area contributed by atoms with E-state index >= 15 is 0 Å². The van der Waals surface area contributed by atoms with Gasteiger partial charge in [0.2, 0.25) is 11.8 Å². The fourth-order valence-electron chi connectivity index (χ4n) is 2.41. The van der Waals surface area contributed by atoms with Gasteiger partial charge >= 0.3 is 0 Å². The number of hydrogen-bond donors (Lipinski definition) is 2. The predicted octanol–water partition coefficient (Wildman–Crippen LogP) is 1.07. The fraction of sp³-hybridized carbons (Fsp3) is 0.562. The molecule has 0 saturated carbocycles. The SMILES string of the molecule is CC(=O)NCC(=O)NCc1ccc(N2CCC(C)CC2)nc1. The summed E-state index contributed by atoms with van der Waals surface area (Å²) in [7, 11) is 0. The average Bonchev–Trinajstić information content (AvgIpc) is 2.52. The molecule has 1 aliphatic heterocycles. The molecule has 1 saturated heterocycles. The molecule has 0 bridgehead atoms. The molecule has 2 rings (SSSR count). The number of carbonyl (C=O) groups is 2. The van der Waals surface area contributed by atoms with Crippen LogP contribution in [0, 0.1) is 5.92 Å². The first-order valence-electron chi connectivity index (χ1n) is 7.75. The molecule has 2 amide bonds. The van der Waals surface area contributed by atoms with E-state index in [1.54, 1.807) is 6.20 Å². The lowest BCUT2D eigenvalue weighted by molar-refractivity contribution is -0.125. The van der Waals surface area contributed by atoms with Crippen molar-refractivity contribution in [3.05, 3.63) is 23.9 Å². The van der Waals surface area contributed by atoms with Crippen LogP contribution in [-0.4, -0.2) is 36.4 Å². The largest absolute Gasteiger partial charge is 0.357 e. The molecule has 0 aliphatic carbocycles. The van der Waals surface area contributed by atoms with Gasteiger partial charge in [0.25, 0.3) is 0 Å². The Balaban J connectivity index is 1.79. The minimum Gasteiger partial charge on any atom is -0.357 e. The van der Waals surface area contributed by atoms with E-state index in [1.807, 2.05) is 12.1 Å². The van der Waals surface area contributed by atoms with E-state index in [2.05, 4.69) is 27.4 Å². The minimum absolute atomic E-state index is 0.00675. The second-order valence-corrected chi connectivity index (χ2v) is 5.88. The Labute approximate surface area is 131 Å². The van der Waals surface area contributed by atoms with Gasteiger partial charge in [0.1, 0.15) is 5.82 Å². The van der Waals surface area contributed by atoms with Crippen LogP contribution in [0.5, 0.6) is 0 Å². The van der Waals surface area contributed by atoms with Gasteiger partial charge in [0.05, 0.1) is 6.54 Å². The Morgan fingerprint density at radius 2 is 2.00 bits per heavy atom. The van der Waals surface area contributed by atoms with Crippen molar-refractivity contribution < 1.29 is 9.59 Å². The molecule has 22 heavy (non-hydrogen) atoms. The first-order valence-corrected chi connectivity index (χ1v) is 7.75. The highest BCUT2D eigenvalue weighted by Crippen LogP contribution is 2.21. The van der Waals surface area contributed by atoms with E-state index in [4.69, 9.17) is 0 Å². The number of hydrogen-bond acceptors (Lipinski definition) is 4. The van der Waals surface area contributed by atoms with Crippen LogP contribution in [0.2, 0.25) is 0 Å². The molecule has 2 heterocycles. The van der Waals surface area contributed by atoms with Crippen molar-refractivity contribution in [2.24, 2.45) is 5.92 Å². The number of amides is 2. The zero-order chi connectivity index (χ0) is 15.9. The highest BCUT2D eigenvalue weighted by atomic mass is 16.2. The van der Waals surface area contributed by atoms with E-state index in [1.165, 1.54) is 19.8 Å². The quantitative estimate of drug-likeness (QED) is 0.853. The maximum atomic E-state index is 11.5. The summed E-state index contributed by atoms with van der Waals surface area (Å²) in [5.74, 6) is 1.39. The van der Waals surface area contributed by atoms with Gasteiger partial charge in [-0.3, -0.25) is 9.59 Å². The zero-order valence-electron chi connectivity index (χ0n) is 13.3. The van der Waals surface area contributed by atoms with Gasteiger partial charge < -0.3 is 15.5 Å². The highest BCUT2D eigenvalue weighted by molar-refractivity contribution is 5.83. The van der Waals surface area contributed by atoms with Crippen molar-refractivity contribution in [3.8, 4) is 0 Å². The molecule has 1 fully saturated rings. The molecule has 120 valence electrons. The van der Waals surface area contributed by atoms with Crippen LogP contribution < -0.4 is 15.5 Å². The normalized spacial score (nSPS) is 15.5. The van der Waals surface area contributed by atoms with Crippen molar-refractivity contribution in [1.82, 2.24) is 15.6 Å². The molecule has 0 atom stereocenters. The lowest BCUT2D eigenvalue weighted by atomic mass is 9.99. The first-order chi connectivity index (χ1) is 10.5. The topological polar surface area (TPSA) is 74.3 Å². The Kier molecular flexibility index (Phi) is 5.75. The molecular weight excluding hydrogens is 280 g/mol. The number of pyridine rings is 1. The van der Waals surface area contributed by atoms with Crippen molar-refractivity contribution in [2.75, 3.05) is 24.5 Å². The number of piperidine rings is 1. The van der Waals surface area contributed by atoms with Gasteiger partial charge in [-0.2, -0.15) is 0 Å². The average molecular weight is 304 g/mol. The molecule has 6 nitrogen and oxygen atoms in total. The number of aromatic nitrogens is 1. The van der Waals surface area contributed by atoms with Crippen LogP contribution in [0.25, 0.3) is 0 Å². The Bertz CT molecular complexity index is 507. The molecule has 1 aromatic heterocycles. The zero-order valence-corrected chi connectivity index (χ0v) is 13.3. The third kappa shape index (κ3) is 5.02. The Morgan fingerprint density at radius 1 is 1.27 bits per heavy atom. The summed E-state index contributed by atoms with van der Waals surface area (Å²) >= 11 is 0. The molecule has 0 spiro atoms. The first kappa shape index (κ1) is 16.3. The molecular formula is C16H24N4O2. The fourth-order valence-corrected chi connectivity index (χ4v) is 2.41. The smallest absolute Gasteiger partial charge is 0.239 e. The Morgan fingerprint density at radius 3 is 2.59 bits per heavy atom. The second kappa shape index (κ2) is 7.77. The molecule has 0 aromatic carbocycles. The van der Waals surface area contributed by atoms with Crippen LogP contribution in [0.1, 0.15) is 32.3 Å². The molecule has 1 aromatic rings. The molecule has 6 heteroatoms. The molecule has 2 N–H and O–H groups in total. The lowest BCUT2D eigenvalue weighted by Crippen LogP contribution is -2.35. The minimum atomic E-state index is -0.211. The number of rotatable bonds is 5. The van der Waals surface area contributed by atoms with Gasteiger partial charge in [-0.25, -0.2) is 4.98 Å².